The van der Waals surface area contributed by atoms with E-state index in [1.165, 1.54) is 13.2 Å². The number of halogens is 2. The lowest BCUT2D eigenvalue weighted by Crippen LogP contribution is -2.53. The van der Waals surface area contributed by atoms with Crippen LogP contribution in [0, 0.1) is 12.3 Å². The van der Waals surface area contributed by atoms with E-state index in [-0.39, 0.29) is 24.4 Å². The normalized spacial score (nSPS) is 21.1. The maximum Gasteiger partial charge on any atom is 0.335 e. The molecule has 2 N–H and O–H groups in total. The molecule has 8 heteroatoms. The molecule has 0 radical (unpaired) electrons. The zero-order chi connectivity index (χ0) is 25.0. The van der Waals surface area contributed by atoms with Gasteiger partial charge in [0.2, 0.25) is 5.92 Å². The van der Waals surface area contributed by atoms with Crippen molar-refractivity contribution in [3.8, 4) is 11.5 Å². The van der Waals surface area contributed by atoms with E-state index in [0.717, 1.165) is 33.3 Å². The van der Waals surface area contributed by atoms with Crippen molar-refractivity contribution in [2.45, 2.75) is 51.1 Å². The van der Waals surface area contributed by atoms with Crippen molar-refractivity contribution in [2.24, 2.45) is 5.41 Å². The second-order valence-corrected chi connectivity index (χ2v) is 10.1. The van der Waals surface area contributed by atoms with E-state index in [1.807, 2.05) is 25.3 Å². The number of carbonyl (C=O) groups is 1. The van der Waals surface area contributed by atoms with Crippen LogP contribution in [0.1, 0.15) is 58.8 Å². The van der Waals surface area contributed by atoms with Crippen LogP contribution in [0.15, 0.2) is 36.5 Å². The summed E-state index contributed by atoms with van der Waals surface area (Å²) in [5, 5.41) is 10.5. The van der Waals surface area contributed by atoms with Gasteiger partial charge >= 0.3 is 5.97 Å². The lowest BCUT2D eigenvalue weighted by molar-refractivity contribution is -0.186. The predicted octanol–water partition coefficient (Wildman–Crippen LogP) is 5.94. The second-order valence-electron chi connectivity index (χ2n) is 10.1. The van der Waals surface area contributed by atoms with E-state index in [2.05, 4.69) is 9.88 Å². The van der Waals surface area contributed by atoms with Crippen LogP contribution in [-0.4, -0.2) is 47.6 Å². The fourth-order valence-electron chi connectivity index (χ4n) is 6.14. The van der Waals surface area contributed by atoms with Gasteiger partial charge in [-0.05, 0) is 61.6 Å². The Morgan fingerprint density at radius 2 is 1.91 bits per heavy atom. The Morgan fingerprint density at radius 3 is 2.57 bits per heavy atom. The minimum atomic E-state index is -2.61. The van der Waals surface area contributed by atoms with E-state index in [1.54, 1.807) is 19.2 Å². The Kier molecular flexibility index (Phi) is 5.74. The topological polar surface area (TPSA) is 74.8 Å². The minimum Gasteiger partial charge on any atom is -0.496 e. The van der Waals surface area contributed by atoms with Crippen molar-refractivity contribution in [3.05, 3.63) is 58.8 Å². The maximum absolute atomic E-state index is 14.0. The molecule has 1 aliphatic heterocycles. The molecule has 2 aliphatic rings. The number of nitrogens with one attached hydrogen (secondary N) is 1. The first kappa shape index (κ1) is 23.6. The molecular formula is C27H30F2N2O4. The number of hydrogen-bond acceptors (Lipinski definition) is 4. The zero-order valence-corrected chi connectivity index (χ0v) is 20.2. The number of aryl methyl sites for hydroxylation is 1. The van der Waals surface area contributed by atoms with Crippen LogP contribution in [0.25, 0.3) is 10.9 Å². The molecule has 1 aromatic heterocycles. The monoisotopic (exact) mass is 484 g/mol. The van der Waals surface area contributed by atoms with E-state index >= 15 is 0 Å². The summed E-state index contributed by atoms with van der Waals surface area (Å²) in [6.45, 7) is 3.25. The van der Waals surface area contributed by atoms with Gasteiger partial charge in [0.25, 0.3) is 0 Å². The van der Waals surface area contributed by atoms with Gasteiger partial charge in [0.15, 0.2) is 0 Å². The Balaban J connectivity index is 1.56. The number of aromatic nitrogens is 1. The molecule has 2 heterocycles. The third-order valence-corrected chi connectivity index (χ3v) is 7.80. The highest BCUT2D eigenvalue weighted by Crippen LogP contribution is 2.61. The van der Waals surface area contributed by atoms with Gasteiger partial charge in [-0.15, -0.1) is 0 Å². The number of alkyl halides is 2. The average Bonchev–Trinajstić information content (AvgIpc) is 3.30. The third kappa shape index (κ3) is 4.14. The Labute approximate surface area is 202 Å². The largest absolute Gasteiger partial charge is 0.496 e. The molecule has 0 bridgehead atoms. The summed E-state index contributed by atoms with van der Waals surface area (Å²) in [7, 11) is 3.17. The van der Waals surface area contributed by atoms with Gasteiger partial charge in [-0.1, -0.05) is 6.07 Å². The fraction of sp³-hybridized carbons (Fsp3) is 0.444. The van der Waals surface area contributed by atoms with E-state index < -0.39 is 17.3 Å². The number of benzene rings is 2. The van der Waals surface area contributed by atoms with Gasteiger partial charge < -0.3 is 19.6 Å². The quantitative estimate of drug-likeness (QED) is 0.453. The van der Waals surface area contributed by atoms with Crippen LogP contribution in [0.3, 0.4) is 0 Å². The molecule has 2 aromatic carbocycles. The van der Waals surface area contributed by atoms with Crippen molar-refractivity contribution in [1.82, 2.24) is 9.88 Å². The van der Waals surface area contributed by atoms with Crippen LogP contribution in [0.4, 0.5) is 8.78 Å². The molecule has 6 nitrogen and oxygen atoms in total. The van der Waals surface area contributed by atoms with Crippen LogP contribution < -0.4 is 9.47 Å². The Morgan fingerprint density at radius 1 is 1.17 bits per heavy atom. The highest BCUT2D eigenvalue weighted by Gasteiger charge is 2.58. The third-order valence-electron chi connectivity index (χ3n) is 7.80. The summed E-state index contributed by atoms with van der Waals surface area (Å²) >= 11 is 0. The zero-order valence-electron chi connectivity index (χ0n) is 20.2. The first-order valence-corrected chi connectivity index (χ1v) is 11.8. The molecule has 1 saturated heterocycles. The highest BCUT2D eigenvalue weighted by atomic mass is 19.3. The van der Waals surface area contributed by atoms with Crippen LogP contribution >= 0.6 is 0 Å². The number of carboxylic acids is 1. The Bertz CT molecular complexity index is 1280. The highest BCUT2D eigenvalue weighted by molar-refractivity contribution is 5.89. The average molecular weight is 485 g/mol. The summed E-state index contributed by atoms with van der Waals surface area (Å²) < 4.78 is 39.3. The van der Waals surface area contributed by atoms with Gasteiger partial charge in [-0.3, -0.25) is 4.90 Å². The number of hydrogen-bond donors (Lipinski definition) is 2. The molecule has 3 aromatic rings. The van der Waals surface area contributed by atoms with Crippen molar-refractivity contribution in [3.63, 3.8) is 0 Å². The van der Waals surface area contributed by atoms with Crippen LogP contribution in [-0.2, 0) is 6.54 Å². The number of rotatable bonds is 6. The SMILES string of the molecule is COc1cc(C(=O)O)ccc1[C@@H]1CC2(CCN1Cc1c(OC)cc(C)c3[nH]ccc13)CC(F)(F)C2. The first-order chi connectivity index (χ1) is 16.6. The van der Waals surface area contributed by atoms with E-state index in [4.69, 9.17) is 9.47 Å². The molecule has 2 fully saturated rings. The number of carboxylic acid groups (broad SMARTS) is 1. The summed E-state index contributed by atoms with van der Waals surface area (Å²) in [5.41, 5.74) is 3.71. The first-order valence-electron chi connectivity index (χ1n) is 11.8. The number of nitrogens with zero attached hydrogens (tertiary/aromatic N) is 1. The van der Waals surface area contributed by atoms with Gasteiger partial charge in [-0.25, -0.2) is 13.6 Å². The molecule has 1 atom stereocenters. The van der Waals surface area contributed by atoms with Gasteiger partial charge in [-0.2, -0.15) is 0 Å². The van der Waals surface area contributed by atoms with Gasteiger partial charge in [0, 0.05) is 53.7 Å². The molecule has 1 aliphatic carbocycles. The number of aromatic amines is 1. The molecule has 1 spiro atoms. The molecule has 0 amide bonds. The van der Waals surface area contributed by atoms with Crippen molar-refractivity contribution >= 4 is 16.9 Å². The summed E-state index contributed by atoms with van der Waals surface area (Å²) in [6, 6.07) is 8.71. The molecule has 0 unspecified atom stereocenters. The van der Waals surface area contributed by atoms with E-state index in [0.29, 0.717) is 31.7 Å². The van der Waals surface area contributed by atoms with Crippen LogP contribution in [0.5, 0.6) is 11.5 Å². The van der Waals surface area contributed by atoms with Crippen molar-refractivity contribution in [2.75, 3.05) is 20.8 Å². The molecular weight excluding hydrogens is 454 g/mol. The number of methoxy groups -OCH3 is 2. The number of ether oxygens (including phenoxy) is 2. The maximum atomic E-state index is 14.0. The second kappa shape index (κ2) is 8.52. The lowest BCUT2D eigenvalue weighted by atomic mass is 9.59. The molecule has 1 saturated carbocycles. The number of piperidine rings is 1. The minimum absolute atomic E-state index is 0.101. The smallest absolute Gasteiger partial charge is 0.335 e. The standard InChI is InChI=1S/C27H30F2N2O4/c1-16-10-22(34-2)20(18-6-8-30-24(16)18)13-31-9-7-26(14-27(28,29)15-26)12-21(31)19-5-4-17(25(32)33)11-23(19)35-3/h4-6,8,10-11,21,30H,7,9,12-15H2,1-3H3,(H,32,33)/t21-/m0/s1. The Hall–Kier alpha value is -3.13. The van der Waals surface area contributed by atoms with Gasteiger partial charge in [0.1, 0.15) is 11.5 Å². The predicted molar refractivity (Wildman–Crippen MR) is 129 cm³/mol. The molecule has 35 heavy (non-hydrogen) atoms. The fourth-order valence-corrected chi connectivity index (χ4v) is 6.14. The van der Waals surface area contributed by atoms with Gasteiger partial charge in [0.05, 0.1) is 19.8 Å². The summed E-state index contributed by atoms with van der Waals surface area (Å²) in [5.74, 6) is -2.39. The number of aromatic carboxylic acids is 1. The number of likely N-dealkylation sites (tertiary alicyclic amines) is 1. The summed E-state index contributed by atoms with van der Waals surface area (Å²) in [6.07, 6.45) is 2.97. The van der Waals surface area contributed by atoms with E-state index in [9.17, 15) is 18.7 Å². The van der Waals surface area contributed by atoms with Crippen LogP contribution in [0.2, 0.25) is 0 Å². The van der Waals surface area contributed by atoms with Crippen molar-refractivity contribution < 1.29 is 28.2 Å². The lowest BCUT2D eigenvalue weighted by Gasteiger charge is -2.54. The summed E-state index contributed by atoms with van der Waals surface area (Å²) in [4.78, 5) is 17.1. The number of fused-ring (bicyclic) bond motifs is 1. The molecule has 5 rings (SSSR count). The number of H-pyrrole nitrogens is 1. The van der Waals surface area contributed by atoms with Crippen molar-refractivity contribution in [1.29, 1.82) is 0 Å². The molecule has 186 valence electrons.